The van der Waals surface area contributed by atoms with Gasteiger partial charge in [0, 0.05) is 109 Å². The Morgan fingerprint density at radius 1 is 0.812 bits per heavy atom. The number of aromatic hydroxyl groups is 1. The van der Waals surface area contributed by atoms with Crippen molar-refractivity contribution in [1.82, 2.24) is 45.6 Å². The Bertz CT molecular complexity index is 2760. The number of phenols is 1. The number of anilines is 1. The van der Waals surface area contributed by atoms with E-state index in [2.05, 4.69) is 30.9 Å². The number of nitrogens with two attached hydrogens (primary N) is 1. The Labute approximate surface area is 411 Å². The monoisotopic (exact) mass is 978 g/mol. The number of nitrogens with zero attached hydrogens (tertiary/aromatic N) is 5. The molecule has 364 valence electrons. The van der Waals surface area contributed by atoms with E-state index < -0.39 is 6.61 Å². The molecule has 1 aliphatic rings. The second kappa shape index (κ2) is 24.2. The van der Waals surface area contributed by atoms with Crippen molar-refractivity contribution in [2.24, 2.45) is 0 Å². The number of carbonyl (C=O) groups is 4. The lowest BCUT2D eigenvalue weighted by molar-refractivity contribution is -0.135. The fourth-order valence-corrected chi connectivity index (χ4v) is 9.29. The van der Waals surface area contributed by atoms with Crippen molar-refractivity contribution >= 4 is 63.6 Å². The summed E-state index contributed by atoms with van der Waals surface area (Å²) < 4.78 is 1.78. The van der Waals surface area contributed by atoms with Crippen LogP contribution in [-0.4, -0.2) is 96.3 Å². The molecule has 7 rings (SSSR count). The fourth-order valence-electron chi connectivity index (χ4n) is 8.89. The second-order valence-corrected chi connectivity index (χ2v) is 18.1. The summed E-state index contributed by atoms with van der Waals surface area (Å²) in [7, 11) is 0. The van der Waals surface area contributed by atoms with Crippen LogP contribution in [0.5, 0.6) is 5.75 Å². The Morgan fingerprint density at radius 2 is 1.48 bits per heavy atom. The molecule has 18 heteroatoms. The van der Waals surface area contributed by atoms with E-state index in [1.165, 1.54) is 0 Å². The van der Waals surface area contributed by atoms with Gasteiger partial charge < -0.3 is 41.8 Å². The van der Waals surface area contributed by atoms with E-state index in [9.17, 15) is 29.4 Å². The van der Waals surface area contributed by atoms with Crippen LogP contribution in [0.25, 0.3) is 44.4 Å². The van der Waals surface area contributed by atoms with Gasteiger partial charge in [0.05, 0.1) is 27.8 Å². The van der Waals surface area contributed by atoms with Crippen molar-refractivity contribution in [2.45, 2.75) is 97.1 Å². The molecule has 0 unspecified atom stereocenters. The third-order valence-corrected chi connectivity index (χ3v) is 13.3. The number of rotatable bonds is 23. The molecular formula is C51H60Cl2N10O6. The van der Waals surface area contributed by atoms with Crippen LogP contribution < -0.4 is 21.7 Å². The lowest BCUT2D eigenvalue weighted by atomic mass is 9.92. The standard InChI is InChI=1S/C51H60Cl2N10O6/c1-2-35-37(29-59-50(54)46(35)32-13-16-34(65)17-14-32)33-15-18-42(58-28-33)51(69)57-22-21-55-43(66)11-9-7-5-3-4-6-8-10-12-44(67)56-23-26-63-25-20-41(61-63)36-27-39(52)48(53)49-47(36)38-30-62(45(68)31-64)24-19-40(38)60-49/h13-18,20,25,27-29,60,64-65H,2-12,19,21-24,26,30-31H2,1H3,(H2,54,59)(H,55,66)(H,56,67)(H,57,69). The fraction of sp³-hybridized carbons (Fsp3) is 0.392. The number of benzene rings is 2. The highest BCUT2D eigenvalue weighted by Crippen LogP contribution is 2.42. The minimum Gasteiger partial charge on any atom is -0.508 e. The summed E-state index contributed by atoms with van der Waals surface area (Å²) >= 11 is 13.2. The van der Waals surface area contributed by atoms with E-state index in [0.717, 1.165) is 101 Å². The predicted molar refractivity (Wildman–Crippen MR) is 269 cm³/mol. The summed E-state index contributed by atoms with van der Waals surface area (Å²) in [6.45, 7) is 3.87. The number of carbonyl (C=O) groups excluding carboxylic acids is 4. The lowest BCUT2D eigenvalue weighted by Crippen LogP contribution is -2.37. The van der Waals surface area contributed by atoms with Crippen LogP contribution in [0.3, 0.4) is 0 Å². The molecule has 16 nitrogen and oxygen atoms in total. The first-order valence-electron chi connectivity index (χ1n) is 23.7. The van der Waals surface area contributed by atoms with Crippen LogP contribution in [0.15, 0.2) is 67.1 Å². The topological polar surface area (TPSA) is 233 Å². The molecule has 4 aromatic heterocycles. The number of pyridine rings is 2. The van der Waals surface area contributed by atoms with Crippen LogP contribution in [0.1, 0.15) is 98.4 Å². The number of unbranched alkanes of at least 4 members (excludes halogenated alkanes) is 7. The summed E-state index contributed by atoms with van der Waals surface area (Å²) in [4.78, 5) is 63.9. The maximum Gasteiger partial charge on any atom is 0.269 e. The number of halogens is 2. The smallest absolute Gasteiger partial charge is 0.269 e. The summed E-state index contributed by atoms with van der Waals surface area (Å²) in [5.41, 5.74) is 14.9. The van der Waals surface area contributed by atoms with Gasteiger partial charge in [0.1, 0.15) is 23.9 Å². The third kappa shape index (κ3) is 12.8. The van der Waals surface area contributed by atoms with E-state index in [0.29, 0.717) is 85.5 Å². The summed E-state index contributed by atoms with van der Waals surface area (Å²) in [6.07, 6.45) is 15.3. The van der Waals surface area contributed by atoms with Crippen molar-refractivity contribution in [3.05, 3.63) is 99.7 Å². The highest BCUT2D eigenvalue weighted by atomic mass is 35.5. The first kappa shape index (κ1) is 50.4. The van der Waals surface area contributed by atoms with Crippen LogP contribution in [0, 0.1) is 0 Å². The number of aliphatic hydroxyl groups is 1. The number of aliphatic hydroxyl groups excluding tert-OH is 1. The molecule has 5 heterocycles. The molecule has 69 heavy (non-hydrogen) atoms. The van der Waals surface area contributed by atoms with Gasteiger partial charge in [0.2, 0.25) is 17.7 Å². The number of phenolic OH excluding ortho intramolecular Hbond substituents is 1. The molecule has 0 bridgehead atoms. The Kier molecular flexibility index (Phi) is 17.7. The minimum absolute atomic E-state index is 0.0133. The van der Waals surface area contributed by atoms with Crippen LogP contribution >= 0.6 is 23.2 Å². The van der Waals surface area contributed by atoms with Crippen molar-refractivity contribution < 1.29 is 29.4 Å². The van der Waals surface area contributed by atoms with Gasteiger partial charge in [-0.2, -0.15) is 5.10 Å². The van der Waals surface area contributed by atoms with E-state index in [1.807, 2.05) is 25.3 Å². The summed E-state index contributed by atoms with van der Waals surface area (Å²) in [5.74, 6) is -0.121. The van der Waals surface area contributed by atoms with Crippen molar-refractivity contribution in [2.75, 3.05) is 38.5 Å². The average Bonchev–Trinajstić information content (AvgIpc) is 4.00. The molecule has 0 saturated heterocycles. The summed E-state index contributed by atoms with van der Waals surface area (Å²) in [6, 6.07) is 14.0. The molecule has 0 spiro atoms. The maximum atomic E-state index is 12.8. The number of nitrogen functional groups attached to an aromatic ring is 1. The van der Waals surface area contributed by atoms with Crippen molar-refractivity contribution in [3.63, 3.8) is 0 Å². The Balaban J connectivity index is 0.717. The highest BCUT2D eigenvalue weighted by molar-refractivity contribution is 6.45. The van der Waals surface area contributed by atoms with E-state index in [4.69, 9.17) is 34.0 Å². The van der Waals surface area contributed by atoms with Gasteiger partial charge in [0.25, 0.3) is 5.91 Å². The molecule has 2 aromatic carbocycles. The second-order valence-electron chi connectivity index (χ2n) is 17.3. The number of hydrogen-bond donors (Lipinski definition) is 7. The van der Waals surface area contributed by atoms with Crippen LogP contribution in [-0.2, 0) is 40.3 Å². The highest BCUT2D eigenvalue weighted by Gasteiger charge is 2.27. The summed E-state index contributed by atoms with van der Waals surface area (Å²) in [5, 5.41) is 34.3. The normalized spacial score (nSPS) is 12.3. The van der Waals surface area contributed by atoms with Gasteiger partial charge in [0.15, 0.2) is 0 Å². The molecule has 1 aliphatic heterocycles. The largest absolute Gasteiger partial charge is 0.508 e. The third-order valence-electron chi connectivity index (χ3n) is 12.5. The molecule has 0 atom stereocenters. The van der Waals surface area contributed by atoms with Crippen LogP contribution in [0.2, 0.25) is 10.0 Å². The molecule has 4 amide bonds. The van der Waals surface area contributed by atoms with Gasteiger partial charge >= 0.3 is 0 Å². The number of aromatic nitrogens is 5. The number of H-pyrrole nitrogens is 1. The number of amides is 4. The van der Waals surface area contributed by atoms with Gasteiger partial charge in [-0.05, 0) is 60.7 Å². The molecule has 0 radical (unpaired) electrons. The molecule has 0 fully saturated rings. The van der Waals surface area contributed by atoms with Gasteiger partial charge in [-0.15, -0.1) is 0 Å². The van der Waals surface area contributed by atoms with E-state index in [1.54, 1.807) is 58.4 Å². The average molecular weight is 980 g/mol. The number of hydrogen-bond acceptors (Lipinski definition) is 10. The van der Waals surface area contributed by atoms with E-state index in [-0.39, 0.29) is 41.6 Å². The zero-order valence-electron chi connectivity index (χ0n) is 38.9. The molecular weight excluding hydrogens is 920 g/mol. The minimum atomic E-state index is -0.544. The molecule has 0 aliphatic carbocycles. The molecule has 6 aromatic rings. The maximum absolute atomic E-state index is 12.8. The first-order chi connectivity index (χ1) is 33.4. The lowest BCUT2D eigenvalue weighted by Gasteiger charge is -2.26. The van der Waals surface area contributed by atoms with Crippen molar-refractivity contribution in [1.29, 1.82) is 0 Å². The Morgan fingerprint density at radius 3 is 2.14 bits per heavy atom. The number of nitrogens with one attached hydrogen (secondary N) is 4. The number of aromatic amines is 1. The van der Waals surface area contributed by atoms with E-state index >= 15 is 0 Å². The van der Waals surface area contributed by atoms with Gasteiger partial charge in [-0.25, -0.2) is 4.98 Å². The zero-order valence-corrected chi connectivity index (χ0v) is 40.4. The first-order valence-corrected chi connectivity index (χ1v) is 24.5. The van der Waals surface area contributed by atoms with Crippen molar-refractivity contribution in [3.8, 4) is 39.3 Å². The predicted octanol–water partition coefficient (Wildman–Crippen LogP) is 7.75. The van der Waals surface area contributed by atoms with Gasteiger partial charge in [-0.3, -0.25) is 28.8 Å². The molecule has 0 saturated carbocycles. The van der Waals surface area contributed by atoms with Crippen LogP contribution in [0.4, 0.5) is 5.82 Å². The SMILES string of the molecule is CCc1c(-c2ccc(C(=O)NCCNC(=O)CCCCCCCCCCC(=O)NCCn3ccc(-c4cc(Cl)c(Cl)c5[nH]c6c(c45)CN(C(=O)CO)CC6)n3)nc2)cnc(N)c1-c1ccc(O)cc1. The molecule has 8 N–H and O–H groups in total. The zero-order chi connectivity index (χ0) is 48.9. The Hall–Kier alpha value is -6.49. The quantitative estimate of drug-likeness (QED) is 0.0309. The number of fused-ring (bicyclic) bond motifs is 3. The van der Waals surface area contributed by atoms with Gasteiger partial charge in [-0.1, -0.05) is 86.8 Å².